The van der Waals surface area contributed by atoms with Crippen LogP contribution in [0.2, 0.25) is 0 Å². The number of benzene rings is 1. The van der Waals surface area contributed by atoms with Gasteiger partial charge in [0.1, 0.15) is 0 Å². The minimum atomic E-state index is -0.0718. The van der Waals surface area contributed by atoms with E-state index in [9.17, 15) is 4.79 Å². The molecule has 0 radical (unpaired) electrons. The summed E-state index contributed by atoms with van der Waals surface area (Å²) in [5.74, 6) is 0.938. The number of aromatic nitrogens is 2. The molecule has 5 rings (SSSR count). The molecule has 0 atom stereocenters. The van der Waals surface area contributed by atoms with E-state index in [2.05, 4.69) is 4.68 Å². The van der Waals surface area contributed by atoms with E-state index in [-0.39, 0.29) is 5.91 Å². The van der Waals surface area contributed by atoms with Crippen molar-refractivity contribution in [1.29, 1.82) is 0 Å². The van der Waals surface area contributed by atoms with Crippen molar-refractivity contribution < 1.29 is 13.9 Å². The number of carbonyl (C=O) groups excluding carboxylic acids is 1. The maximum atomic E-state index is 13.0. The van der Waals surface area contributed by atoms with Crippen molar-refractivity contribution in [3.8, 4) is 5.75 Å². The van der Waals surface area contributed by atoms with Gasteiger partial charge in [0.05, 0.1) is 31.6 Å². The van der Waals surface area contributed by atoms with Crippen LogP contribution in [0.3, 0.4) is 0 Å². The van der Waals surface area contributed by atoms with E-state index in [0.717, 1.165) is 24.8 Å². The Hall–Kier alpha value is -2.76. The third-order valence-electron chi connectivity index (χ3n) is 5.24. The van der Waals surface area contributed by atoms with Crippen molar-refractivity contribution >= 4 is 16.9 Å². The van der Waals surface area contributed by atoms with Gasteiger partial charge in [-0.15, -0.1) is 0 Å². The SMILES string of the molecule is COc1cccc2cc(C(=O)N3CCn4nc5c(c4C3)CCC5)oc12. The second-order valence-electron chi connectivity index (χ2n) is 6.66. The van der Waals surface area contributed by atoms with E-state index in [1.165, 1.54) is 23.4 Å². The van der Waals surface area contributed by atoms with Crippen molar-refractivity contribution in [2.75, 3.05) is 13.7 Å². The Morgan fingerprint density at radius 3 is 3.08 bits per heavy atom. The van der Waals surface area contributed by atoms with Crippen molar-refractivity contribution in [1.82, 2.24) is 14.7 Å². The largest absolute Gasteiger partial charge is 0.493 e. The summed E-state index contributed by atoms with van der Waals surface area (Å²) in [6.07, 6.45) is 3.31. The monoisotopic (exact) mass is 337 g/mol. The summed E-state index contributed by atoms with van der Waals surface area (Å²) in [5, 5.41) is 5.57. The lowest BCUT2D eigenvalue weighted by Crippen LogP contribution is -2.38. The molecule has 2 aromatic heterocycles. The molecule has 6 heteroatoms. The minimum absolute atomic E-state index is 0.0718. The van der Waals surface area contributed by atoms with E-state index < -0.39 is 0 Å². The fourth-order valence-corrected chi connectivity index (χ4v) is 3.98. The lowest BCUT2D eigenvalue weighted by molar-refractivity contribution is 0.0675. The van der Waals surface area contributed by atoms with E-state index in [1.54, 1.807) is 13.2 Å². The Labute approximate surface area is 145 Å². The summed E-state index contributed by atoms with van der Waals surface area (Å²) < 4.78 is 13.2. The Balaban J connectivity index is 1.47. The predicted octanol–water partition coefficient (Wildman–Crippen LogP) is 2.78. The van der Waals surface area contributed by atoms with Gasteiger partial charge in [0.25, 0.3) is 5.91 Å². The summed E-state index contributed by atoms with van der Waals surface area (Å²) in [7, 11) is 1.60. The highest BCUT2D eigenvalue weighted by molar-refractivity contribution is 5.97. The number of methoxy groups -OCH3 is 1. The summed E-state index contributed by atoms with van der Waals surface area (Å²) in [6, 6.07) is 7.46. The van der Waals surface area contributed by atoms with Crippen LogP contribution in [-0.4, -0.2) is 34.2 Å². The van der Waals surface area contributed by atoms with Crippen LogP contribution in [0.15, 0.2) is 28.7 Å². The molecule has 1 aliphatic carbocycles. The minimum Gasteiger partial charge on any atom is -0.493 e. The molecular weight excluding hydrogens is 318 g/mol. The second-order valence-corrected chi connectivity index (χ2v) is 6.66. The van der Waals surface area contributed by atoms with Crippen LogP contribution in [0.5, 0.6) is 5.75 Å². The number of para-hydroxylation sites is 1. The molecule has 2 aliphatic rings. The van der Waals surface area contributed by atoms with Crippen LogP contribution in [0.25, 0.3) is 11.0 Å². The molecular formula is C19H19N3O3. The van der Waals surface area contributed by atoms with E-state index in [4.69, 9.17) is 14.3 Å². The molecule has 3 heterocycles. The maximum absolute atomic E-state index is 13.0. The Morgan fingerprint density at radius 2 is 2.20 bits per heavy atom. The zero-order valence-corrected chi connectivity index (χ0v) is 14.1. The first kappa shape index (κ1) is 14.6. The fourth-order valence-electron chi connectivity index (χ4n) is 3.98. The summed E-state index contributed by atoms with van der Waals surface area (Å²) in [4.78, 5) is 14.8. The molecule has 0 bridgehead atoms. The predicted molar refractivity (Wildman–Crippen MR) is 91.8 cm³/mol. The second kappa shape index (κ2) is 5.37. The van der Waals surface area contributed by atoms with Crippen molar-refractivity contribution in [2.45, 2.75) is 32.4 Å². The number of nitrogens with zero attached hydrogens (tertiary/aromatic N) is 3. The standard InChI is InChI=1S/C19H19N3O3/c1-24-16-7-2-4-12-10-17(25-18(12)16)19(23)21-8-9-22-15(11-21)13-5-3-6-14(13)20-22/h2,4,7,10H,3,5-6,8-9,11H2,1H3. The van der Waals surface area contributed by atoms with E-state index in [0.29, 0.717) is 30.2 Å². The molecule has 25 heavy (non-hydrogen) atoms. The lowest BCUT2D eigenvalue weighted by Gasteiger charge is -2.27. The number of amides is 1. The number of hydrogen-bond donors (Lipinski definition) is 0. The lowest BCUT2D eigenvalue weighted by atomic mass is 10.1. The normalized spacial score (nSPS) is 16.1. The number of hydrogen-bond acceptors (Lipinski definition) is 4. The van der Waals surface area contributed by atoms with Gasteiger partial charge < -0.3 is 14.1 Å². The van der Waals surface area contributed by atoms with Crippen molar-refractivity contribution in [3.05, 3.63) is 47.0 Å². The van der Waals surface area contributed by atoms with Crippen LogP contribution < -0.4 is 4.74 Å². The first-order valence-electron chi connectivity index (χ1n) is 8.68. The van der Waals surface area contributed by atoms with Crippen LogP contribution in [0.1, 0.15) is 33.9 Å². The first-order valence-corrected chi connectivity index (χ1v) is 8.68. The third kappa shape index (κ3) is 2.17. The molecule has 3 aromatic rings. The molecule has 0 saturated carbocycles. The van der Waals surface area contributed by atoms with Gasteiger partial charge in [-0.25, -0.2) is 0 Å². The van der Waals surface area contributed by atoms with Gasteiger partial charge in [-0.05, 0) is 37.0 Å². The van der Waals surface area contributed by atoms with Crippen LogP contribution >= 0.6 is 0 Å². The van der Waals surface area contributed by atoms with Gasteiger partial charge >= 0.3 is 0 Å². The quantitative estimate of drug-likeness (QED) is 0.721. The van der Waals surface area contributed by atoms with E-state index in [1.807, 2.05) is 23.1 Å². The molecule has 0 fully saturated rings. The van der Waals surface area contributed by atoms with Gasteiger partial charge in [0.2, 0.25) is 0 Å². The average Bonchev–Trinajstić information content (AvgIpc) is 3.33. The number of ether oxygens (including phenoxy) is 1. The highest BCUT2D eigenvalue weighted by Crippen LogP contribution is 2.31. The zero-order valence-electron chi connectivity index (χ0n) is 14.1. The highest BCUT2D eigenvalue weighted by Gasteiger charge is 2.30. The Kier molecular flexibility index (Phi) is 3.13. The molecule has 128 valence electrons. The van der Waals surface area contributed by atoms with Gasteiger partial charge in [-0.3, -0.25) is 9.48 Å². The van der Waals surface area contributed by atoms with Gasteiger partial charge in [-0.2, -0.15) is 5.10 Å². The number of carbonyl (C=O) groups is 1. The molecule has 0 spiro atoms. The van der Waals surface area contributed by atoms with Gasteiger partial charge in [0.15, 0.2) is 17.1 Å². The summed E-state index contributed by atoms with van der Waals surface area (Å²) in [6.45, 7) is 2.01. The summed E-state index contributed by atoms with van der Waals surface area (Å²) in [5.41, 5.74) is 4.39. The summed E-state index contributed by atoms with van der Waals surface area (Å²) >= 11 is 0. The van der Waals surface area contributed by atoms with Gasteiger partial charge in [-0.1, -0.05) is 12.1 Å². The Morgan fingerprint density at radius 1 is 1.28 bits per heavy atom. The molecule has 1 amide bonds. The molecule has 0 saturated heterocycles. The molecule has 0 N–H and O–H groups in total. The van der Waals surface area contributed by atoms with Crippen LogP contribution in [0, 0.1) is 0 Å². The number of fused-ring (bicyclic) bond motifs is 4. The topological polar surface area (TPSA) is 60.5 Å². The molecule has 6 nitrogen and oxygen atoms in total. The first-order chi connectivity index (χ1) is 12.2. The van der Waals surface area contributed by atoms with Crippen LogP contribution in [0.4, 0.5) is 0 Å². The number of rotatable bonds is 2. The smallest absolute Gasteiger partial charge is 0.290 e. The fraction of sp³-hybridized carbons (Fsp3) is 0.368. The maximum Gasteiger partial charge on any atom is 0.290 e. The zero-order chi connectivity index (χ0) is 17.0. The molecule has 0 unspecified atom stereocenters. The van der Waals surface area contributed by atoms with Crippen LogP contribution in [-0.2, 0) is 25.9 Å². The highest BCUT2D eigenvalue weighted by atomic mass is 16.5. The molecule has 1 aromatic carbocycles. The number of furan rings is 1. The number of aryl methyl sites for hydroxylation is 1. The van der Waals surface area contributed by atoms with Crippen molar-refractivity contribution in [3.63, 3.8) is 0 Å². The third-order valence-corrected chi connectivity index (χ3v) is 5.24. The Bertz CT molecular complexity index is 985. The van der Waals surface area contributed by atoms with Gasteiger partial charge in [0, 0.05) is 11.9 Å². The average molecular weight is 337 g/mol. The van der Waals surface area contributed by atoms with E-state index >= 15 is 0 Å². The van der Waals surface area contributed by atoms with Crippen molar-refractivity contribution in [2.24, 2.45) is 0 Å². The molecule has 1 aliphatic heterocycles.